The Labute approximate surface area is 263 Å². The molecule has 0 radical (unpaired) electrons. The van der Waals surface area contributed by atoms with Crippen LogP contribution in [0, 0.1) is 11.6 Å². The van der Waals surface area contributed by atoms with E-state index in [2.05, 4.69) is 19.9 Å². The van der Waals surface area contributed by atoms with Crippen molar-refractivity contribution in [1.29, 1.82) is 0 Å². The molecule has 3 fully saturated rings. The topological polar surface area (TPSA) is 87.5 Å². The van der Waals surface area contributed by atoms with Gasteiger partial charge in [0, 0.05) is 56.1 Å². The van der Waals surface area contributed by atoms with Gasteiger partial charge in [0.2, 0.25) is 0 Å². The first kappa shape index (κ1) is 28.9. The van der Waals surface area contributed by atoms with E-state index in [-0.39, 0.29) is 41.1 Å². The first-order valence-electron chi connectivity index (χ1n) is 15.8. The summed E-state index contributed by atoms with van der Waals surface area (Å²) in [7, 11) is 0. The number of halogens is 3. The number of phenolic OH excluding ortho intramolecular Hbond substituents is 1. The van der Waals surface area contributed by atoms with E-state index in [1.165, 1.54) is 24.4 Å². The molecule has 3 aliphatic heterocycles. The van der Waals surface area contributed by atoms with Crippen molar-refractivity contribution in [3.8, 4) is 23.0 Å². The Balaban J connectivity index is 1.24. The first-order chi connectivity index (χ1) is 22.3. The summed E-state index contributed by atoms with van der Waals surface area (Å²) in [5, 5.41) is 12.0. The number of aryl methyl sites for hydroxylation is 1. The smallest absolute Gasteiger partial charge is 0.319 e. The molecule has 8 nitrogen and oxygen atoms in total. The zero-order valence-electron chi connectivity index (χ0n) is 25.4. The summed E-state index contributed by atoms with van der Waals surface area (Å²) in [5.41, 5.74) is 1.37. The summed E-state index contributed by atoms with van der Waals surface area (Å²) < 4.78 is 52.4. The minimum absolute atomic E-state index is 0.00972. The number of fused-ring (bicyclic) bond motifs is 3. The molecule has 236 valence electrons. The van der Waals surface area contributed by atoms with Crippen molar-refractivity contribution in [3.63, 3.8) is 0 Å². The van der Waals surface area contributed by atoms with Gasteiger partial charge >= 0.3 is 6.01 Å². The Bertz CT molecular complexity index is 1970. The molecule has 0 unspecified atom stereocenters. The summed E-state index contributed by atoms with van der Waals surface area (Å²) in [6, 6.07) is 9.84. The van der Waals surface area contributed by atoms with Crippen molar-refractivity contribution < 1.29 is 23.0 Å². The van der Waals surface area contributed by atoms with Crippen LogP contribution in [0.3, 0.4) is 0 Å². The van der Waals surface area contributed by atoms with Crippen molar-refractivity contribution in [2.75, 3.05) is 37.7 Å². The summed E-state index contributed by atoms with van der Waals surface area (Å²) in [5.74, 6) is -0.467. The average Bonchev–Trinajstić information content (AvgIpc) is 3.56. The Morgan fingerprint density at radius 2 is 1.89 bits per heavy atom. The third-order valence-electron chi connectivity index (χ3n) is 9.99. The van der Waals surface area contributed by atoms with Crippen molar-refractivity contribution in [2.24, 2.45) is 0 Å². The zero-order valence-corrected chi connectivity index (χ0v) is 25.4. The van der Waals surface area contributed by atoms with Crippen LogP contribution in [0.2, 0.25) is 0 Å². The van der Waals surface area contributed by atoms with Crippen LogP contribution in [0.4, 0.5) is 19.0 Å². The predicted octanol–water partition coefficient (Wildman–Crippen LogP) is 6.35. The molecule has 0 bridgehead atoms. The Kier molecular flexibility index (Phi) is 6.97. The van der Waals surface area contributed by atoms with Gasteiger partial charge in [0.1, 0.15) is 41.4 Å². The number of pyridine rings is 2. The molecular formula is C35H33F3N6O2. The van der Waals surface area contributed by atoms with E-state index in [0.717, 1.165) is 24.9 Å². The molecule has 0 saturated carbocycles. The molecule has 3 saturated heterocycles. The van der Waals surface area contributed by atoms with Gasteiger partial charge in [0.15, 0.2) is 5.82 Å². The van der Waals surface area contributed by atoms with Crippen LogP contribution in [-0.4, -0.2) is 74.4 Å². The summed E-state index contributed by atoms with van der Waals surface area (Å²) >= 11 is 0. The minimum Gasteiger partial charge on any atom is -0.508 e. The van der Waals surface area contributed by atoms with E-state index in [9.17, 15) is 13.9 Å². The number of nitrogens with zero attached hydrogens (tertiary/aromatic N) is 6. The van der Waals surface area contributed by atoms with E-state index in [1.54, 1.807) is 18.5 Å². The average molecular weight is 627 g/mol. The van der Waals surface area contributed by atoms with Gasteiger partial charge in [-0.3, -0.25) is 14.9 Å². The Hall–Kier alpha value is -4.51. The maximum Gasteiger partial charge on any atom is 0.319 e. The predicted molar refractivity (Wildman–Crippen MR) is 169 cm³/mol. The SMILES string of the molecule is CCc1c(F)ccc2cc(O)cc(-c3ncc4c(N5CC(c6ccncc6)C5)nc(OC[C@@]56CCCN5C[C@H](F)C6)nc4c3F)c12. The Morgan fingerprint density at radius 3 is 2.70 bits per heavy atom. The second kappa shape index (κ2) is 11.1. The molecule has 5 aromatic rings. The largest absolute Gasteiger partial charge is 0.508 e. The molecule has 8 rings (SSSR count). The molecule has 11 heteroatoms. The lowest BCUT2D eigenvalue weighted by atomic mass is 9.92. The lowest BCUT2D eigenvalue weighted by Crippen LogP contribution is -2.46. The maximum absolute atomic E-state index is 16.8. The van der Waals surface area contributed by atoms with Gasteiger partial charge in [0.25, 0.3) is 0 Å². The fourth-order valence-electron chi connectivity index (χ4n) is 7.69. The number of ether oxygens (including phenoxy) is 1. The van der Waals surface area contributed by atoms with E-state index < -0.39 is 23.3 Å². The van der Waals surface area contributed by atoms with Gasteiger partial charge in [-0.1, -0.05) is 13.0 Å². The highest BCUT2D eigenvalue weighted by Crippen LogP contribution is 2.42. The summed E-state index contributed by atoms with van der Waals surface area (Å²) in [6.45, 7) is 4.54. The number of hydrogen-bond acceptors (Lipinski definition) is 8. The molecule has 0 aliphatic carbocycles. The molecule has 3 aromatic heterocycles. The molecule has 0 spiro atoms. The number of aromatic nitrogens is 4. The van der Waals surface area contributed by atoms with Crippen molar-refractivity contribution >= 4 is 27.5 Å². The van der Waals surface area contributed by atoms with Crippen molar-refractivity contribution in [3.05, 3.63) is 77.8 Å². The molecule has 0 amide bonds. The monoisotopic (exact) mass is 626 g/mol. The van der Waals surface area contributed by atoms with E-state index >= 15 is 4.39 Å². The number of benzene rings is 2. The number of aromatic hydroxyl groups is 1. The molecule has 46 heavy (non-hydrogen) atoms. The fraction of sp³-hybridized carbons (Fsp3) is 0.371. The van der Waals surface area contributed by atoms with Crippen LogP contribution in [0.1, 0.15) is 43.2 Å². The first-order valence-corrected chi connectivity index (χ1v) is 15.8. The third-order valence-corrected chi connectivity index (χ3v) is 9.99. The molecule has 3 aliphatic rings. The number of rotatable bonds is 7. The molecule has 6 heterocycles. The number of hydrogen-bond donors (Lipinski definition) is 1. The highest BCUT2D eigenvalue weighted by atomic mass is 19.1. The van der Waals surface area contributed by atoms with Crippen molar-refractivity contribution in [2.45, 2.75) is 50.2 Å². The van der Waals surface area contributed by atoms with Gasteiger partial charge in [-0.2, -0.15) is 9.97 Å². The fourth-order valence-corrected chi connectivity index (χ4v) is 7.69. The zero-order chi connectivity index (χ0) is 31.6. The van der Waals surface area contributed by atoms with Crippen LogP contribution < -0.4 is 9.64 Å². The lowest BCUT2D eigenvalue weighted by molar-refractivity contribution is 0.107. The quantitative estimate of drug-likeness (QED) is 0.224. The van der Waals surface area contributed by atoms with E-state index in [0.29, 0.717) is 60.0 Å². The standard InChI is InChI=1S/C35H33F3N6O2/c1-2-25-28(37)5-4-21-12-24(45)13-26(29(21)25)31-30(38)32-27(15-40-31)33(43-16-22(17-43)20-6-9-39-10-7-20)42-34(41-32)46-19-35-8-3-11-44(35)18-23(36)14-35/h4-7,9-10,12-13,15,22-23,45H,2-3,8,11,14,16-19H2,1H3/t23-,35+/m1/s1. The van der Waals surface area contributed by atoms with E-state index in [4.69, 9.17) is 9.72 Å². The molecule has 2 atom stereocenters. The van der Waals surface area contributed by atoms with Gasteiger partial charge < -0.3 is 14.7 Å². The minimum atomic E-state index is -0.913. The van der Waals surface area contributed by atoms with Crippen LogP contribution >= 0.6 is 0 Å². The van der Waals surface area contributed by atoms with Crippen LogP contribution in [0.5, 0.6) is 11.8 Å². The second-order valence-corrected chi connectivity index (χ2v) is 12.7. The van der Waals surface area contributed by atoms with Crippen LogP contribution in [-0.2, 0) is 6.42 Å². The second-order valence-electron chi connectivity index (χ2n) is 12.7. The van der Waals surface area contributed by atoms with Gasteiger partial charge in [-0.25, -0.2) is 13.2 Å². The van der Waals surface area contributed by atoms with Gasteiger partial charge in [0.05, 0.1) is 10.9 Å². The van der Waals surface area contributed by atoms with Crippen LogP contribution in [0.25, 0.3) is 32.9 Å². The van der Waals surface area contributed by atoms with Crippen LogP contribution in [0.15, 0.2) is 55.0 Å². The lowest BCUT2D eigenvalue weighted by Gasteiger charge is -2.41. The summed E-state index contributed by atoms with van der Waals surface area (Å²) in [6.07, 6.45) is 6.69. The number of phenols is 1. The molecule has 1 N–H and O–H groups in total. The maximum atomic E-state index is 16.8. The number of alkyl halides is 1. The normalized spacial score (nSPS) is 21.7. The summed E-state index contributed by atoms with van der Waals surface area (Å²) in [4.78, 5) is 22.2. The third kappa shape index (κ3) is 4.71. The van der Waals surface area contributed by atoms with Gasteiger partial charge in [-0.15, -0.1) is 0 Å². The highest BCUT2D eigenvalue weighted by molar-refractivity contribution is 6.01. The van der Waals surface area contributed by atoms with Crippen molar-refractivity contribution in [1.82, 2.24) is 24.8 Å². The number of anilines is 1. The molecule has 2 aromatic carbocycles. The molecular weight excluding hydrogens is 593 g/mol. The van der Waals surface area contributed by atoms with E-state index in [1.807, 2.05) is 24.0 Å². The van der Waals surface area contributed by atoms with Gasteiger partial charge in [-0.05, 0) is 78.0 Å². The highest BCUT2D eigenvalue weighted by Gasteiger charge is 2.49. The Morgan fingerprint density at radius 1 is 1.07 bits per heavy atom.